The van der Waals surface area contributed by atoms with Gasteiger partial charge in [-0.2, -0.15) is 28.4 Å². The van der Waals surface area contributed by atoms with Gasteiger partial charge in [0.1, 0.15) is 18.1 Å². The molecule has 0 saturated heterocycles. The van der Waals surface area contributed by atoms with Gasteiger partial charge in [0.2, 0.25) is 11.7 Å². The van der Waals surface area contributed by atoms with Gasteiger partial charge in [-0.15, -0.1) is 0 Å². The molecule has 11 heteroatoms. The topological polar surface area (TPSA) is 90.8 Å². The molecule has 0 amide bonds. The highest BCUT2D eigenvalue weighted by Gasteiger charge is 2.46. The Morgan fingerprint density at radius 3 is 2.81 bits per heavy atom. The summed E-state index contributed by atoms with van der Waals surface area (Å²) in [6.45, 7) is 2.36. The molecule has 1 N–H and O–H groups in total. The summed E-state index contributed by atoms with van der Waals surface area (Å²) < 4.78 is 49.1. The van der Waals surface area contributed by atoms with Crippen molar-refractivity contribution in [3.63, 3.8) is 0 Å². The van der Waals surface area contributed by atoms with Gasteiger partial charge < -0.3 is 9.73 Å². The SMILES string of the molecule is CCn1cc([C@H]2C(C(=O)c3ccco3)=C(C(F)(F)F)Nc3ncnn32)cn1. The summed E-state index contributed by atoms with van der Waals surface area (Å²) in [7, 11) is 0. The van der Waals surface area contributed by atoms with Crippen LogP contribution in [0.5, 0.6) is 0 Å². The Bertz CT molecular complexity index is 1020. The smallest absolute Gasteiger partial charge is 0.431 e. The average molecular weight is 378 g/mol. The van der Waals surface area contributed by atoms with E-state index in [9.17, 15) is 18.0 Å². The molecule has 1 atom stereocenters. The van der Waals surface area contributed by atoms with E-state index in [2.05, 4.69) is 20.5 Å². The van der Waals surface area contributed by atoms with E-state index >= 15 is 0 Å². The van der Waals surface area contributed by atoms with Crippen LogP contribution in [0.2, 0.25) is 0 Å². The zero-order chi connectivity index (χ0) is 19.2. The minimum Gasteiger partial charge on any atom is -0.461 e. The molecule has 0 unspecified atom stereocenters. The van der Waals surface area contributed by atoms with Crippen molar-refractivity contribution in [1.82, 2.24) is 24.5 Å². The predicted molar refractivity (Wildman–Crippen MR) is 85.8 cm³/mol. The van der Waals surface area contributed by atoms with Crippen LogP contribution in [-0.4, -0.2) is 36.5 Å². The molecule has 0 fully saturated rings. The molecule has 0 saturated carbocycles. The van der Waals surface area contributed by atoms with Crippen LogP contribution in [-0.2, 0) is 6.54 Å². The minimum atomic E-state index is -4.81. The van der Waals surface area contributed by atoms with Crippen molar-refractivity contribution in [2.24, 2.45) is 0 Å². The fourth-order valence-corrected chi connectivity index (χ4v) is 2.97. The van der Waals surface area contributed by atoms with Gasteiger partial charge in [0.05, 0.1) is 18.0 Å². The van der Waals surface area contributed by atoms with Crippen LogP contribution in [0.15, 0.2) is 52.8 Å². The van der Waals surface area contributed by atoms with E-state index in [1.807, 2.05) is 6.92 Å². The lowest BCUT2D eigenvalue weighted by Crippen LogP contribution is -2.35. The second kappa shape index (κ2) is 6.11. The number of nitrogens with one attached hydrogen (secondary N) is 1. The summed E-state index contributed by atoms with van der Waals surface area (Å²) >= 11 is 0. The van der Waals surface area contributed by atoms with Gasteiger partial charge in [-0.25, -0.2) is 4.68 Å². The molecule has 27 heavy (non-hydrogen) atoms. The second-order valence-corrected chi connectivity index (χ2v) is 5.78. The van der Waals surface area contributed by atoms with Gasteiger partial charge in [-0.3, -0.25) is 9.48 Å². The number of carbonyl (C=O) groups excluding carboxylic acids is 1. The molecule has 1 aliphatic rings. The summed E-state index contributed by atoms with van der Waals surface area (Å²) in [6.07, 6.45) is 0.517. The Kier molecular flexibility index (Phi) is 3.86. The number of anilines is 1. The van der Waals surface area contributed by atoms with Crippen molar-refractivity contribution in [3.8, 4) is 0 Å². The molecule has 3 aromatic rings. The number of rotatable bonds is 4. The Hall–Kier alpha value is -3.37. The van der Waals surface area contributed by atoms with Crippen LogP contribution in [0.3, 0.4) is 0 Å². The molecule has 3 aromatic heterocycles. The Balaban J connectivity index is 1.96. The summed E-state index contributed by atoms with van der Waals surface area (Å²) in [5.41, 5.74) is -1.36. The van der Waals surface area contributed by atoms with Crippen LogP contribution in [0.25, 0.3) is 0 Å². The molecular weight excluding hydrogens is 365 g/mol. The summed E-state index contributed by atoms with van der Waals surface area (Å²) in [5.74, 6) is -1.22. The van der Waals surface area contributed by atoms with Gasteiger partial charge in [0.15, 0.2) is 5.76 Å². The standard InChI is InChI=1S/C16H13F3N6O2/c1-2-24-7-9(6-21-24)12-11(13(26)10-4-3-5-27-10)14(16(17,18)19)23-15-20-8-22-25(12)15/h3-8,12H,2H2,1H3,(H,20,22,23)/t12-/m0/s1. The largest absolute Gasteiger partial charge is 0.461 e. The Morgan fingerprint density at radius 1 is 1.37 bits per heavy atom. The number of hydrogen-bond acceptors (Lipinski definition) is 6. The second-order valence-electron chi connectivity index (χ2n) is 5.78. The zero-order valence-corrected chi connectivity index (χ0v) is 13.9. The molecule has 1 aliphatic heterocycles. The number of furan rings is 1. The molecule has 4 rings (SSSR count). The summed E-state index contributed by atoms with van der Waals surface area (Å²) in [5, 5.41) is 10.3. The van der Waals surface area contributed by atoms with E-state index in [1.54, 1.807) is 10.9 Å². The monoisotopic (exact) mass is 378 g/mol. The van der Waals surface area contributed by atoms with Crippen LogP contribution < -0.4 is 5.32 Å². The normalized spacial score (nSPS) is 17.0. The highest BCUT2D eigenvalue weighted by Crippen LogP contribution is 2.41. The predicted octanol–water partition coefficient (Wildman–Crippen LogP) is 2.80. The number of Topliss-reactive ketones (excluding diaryl/α,β-unsaturated/α-hetero) is 1. The quantitative estimate of drug-likeness (QED) is 0.702. The first-order chi connectivity index (χ1) is 12.9. The van der Waals surface area contributed by atoms with Crippen LogP contribution >= 0.6 is 0 Å². The number of alkyl halides is 3. The lowest BCUT2D eigenvalue weighted by Gasteiger charge is -2.29. The van der Waals surface area contributed by atoms with Crippen molar-refractivity contribution in [1.29, 1.82) is 0 Å². The zero-order valence-electron chi connectivity index (χ0n) is 13.9. The molecule has 4 heterocycles. The summed E-state index contributed by atoms with van der Waals surface area (Å²) in [6, 6.07) is 1.59. The number of ketones is 1. The number of carbonyl (C=O) groups is 1. The number of aryl methyl sites for hydroxylation is 1. The third-order valence-electron chi connectivity index (χ3n) is 4.16. The first-order valence-corrected chi connectivity index (χ1v) is 7.98. The van der Waals surface area contributed by atoms with Gasteiger partial charge >= 0.3 is 6.18 Å². The van der Waals surface area contributed by atoms with Crippen molar-refractivity contribution >= 4 is 11.7 Å². The maximum absolute atomic E-state index is 13.8. The maximum Gasteiger partial charge on any atom is 0.431 e. The highest BCUT2D eigenvalue weighted by molar-refractivity contribution is 6.09. The molecule has 0 radical (unpaired) electrons. The number of fused-ring (bicyclic) bond motifs is 1. The molecule has 140 valence electrons. The van der Waals surface area contributed by atoms with Crippen LogP contribution in [0, 0.1) is 0 Å². The first kappa shape index (κ1) is 17.1. The van der Waals surface area contributed by atoms with Crippen molar-refractivity contribution in [2.45, 2.75) is 25.7 Å². The third kappa shape index (κ3) is 2.80. The van der Waals surface area contributed by atoms with E-state index in [4.69, 9.17) is 4.42 Å². The molecule has 0 aliphatic carbocycles. The van der Waals surface area contributed by atoms with E-state index in [-0.39, 0.29) is 11.7 Å². The van der Waals surface area contributed by atoms with E-state index in [0.29, 0.717) is 12.1 Å². The van der Waals surface area contributed by atoms with E-state index < -0.39 is 29.3 Å². The number of aromatic nitrogens is 5. The molecule has 0 aromatic carbocycles. The van der Waals surface area contributed by atoms with Gasteiger partial charge in [0, 0.05) is 18.3 Å². The van der Waals surface area contributed by atoms with Crippen LogP contribution in [0.1, 0.15) is 29.1 Å². The average Bonchev–Trinajstić information content (AvgIpc) is 3.39. The Labute approximate surface area is 150 Å². The lowest BCUT2D eigenvalue weighted by atomic mass is 9.93. The molecule has 0 bridgehead atoms. The first-order valence-electron chi connectivity index (χ1n) is 7.98. The molecule has 8 nitrogen and oxygen atoms in total. The highest BCUT2D eigenvalue weighted by atomic mass is 19.4. The Morgan fingerprint density at radius 2 is 2.19 bits per heavy atom. The molecular formula is C16H13F3N6O2. The number of hydrogen-bond donors (Lipinski definition) is 1. The fourth-order valence-electron chi connectivity index (χ4n) is 2.97. The van der Waals surface area contributed by atoms with Crippen molar-refractivity contribution in [2.75, 3.05) is 5.32 Å². The summed E-state index contributed by atoms with van der Waals surface area (Å²) in [4.78, 5) is 16.8. The van der Waals surface area contributed by atoms with E-state index in [1.165, 1.54) is 29.3 Å². The van der Waals surface area contributed by atoms with E-state index in [0.717, 1.165) is 6.33 Å². The van der Waals surface area contributed by atoms with Gasteiger partial charge in [0.25, 0.3) is 0 Å². The third-order valence-corrected chi connectivity index (χ3v) is 4.16. The maximum atomic E-state index is 13.8. The van der Waals surface area contributed by atoms with Crippen molar-refractivity contribution < 1.29 is 22.4 Å². The molecule has 0 spiro atoms. The number of nitrogens with zero attached hydrogens (tertiary/aromatic N) is 5. The minimum absolute atomic E-state index is 0.118. The van der Waals surface area contributed by atoms with Crippen molar-refractivity contribution in [3.05, 3.63) is 59.7 Å². The van der Waals surface area contributed by atoms with Gasteiger partial charge in [-0.1, -0.05) is 0 Å². The van der Waals surface area contributed by atoms with Crippen LogP contribution in [0.4, 0.5) is 19.1 Å². The fraction of sp³-hybridized carbons (Fsp3) is 0.250. The lowest BCUT2D eigenvalue weighted by molar-refractivity contribution is -0.0918. The number of halogens is 3. The number of allylic oxidation sites excluding steroid dienone is 2. The van der Waals surface area contributed by atoms with Gasteiger partial charge in [-0.05, 0) is 19.1 Å².